The monoisotopic (exact) mass is 533 g/mol. The lowest BCUT2D eigenvalue weighted by Gasteiger charge is -2.14. The van der Waals surface area contributed by atoms with E-state index >= 15 is 0 Å². The van der Waals surface area contributed by atoms with Crippen LogP contribution in [0.3, 0.4) is 0 Å². The summed E-state index contributed by atoms with van der Waals surface area (Å²) in [5, 5.41) is 15.0. The van der Waals surface area contributed by atoms with Crippen molar-refractivity contribution >= 4 is 46.8 Å². The van der Waals surface area contributed by atoms with Crippen molar-refractivity contribution in [3.05, 3.63) is 88.5 Å². The molecule has 9 nitrogen and oxygen atoms in total. The summed E-state index contributed by atoms with van der Waals surface area (Å²) in [5.74, 6) is -1.16. The number of nitrogens with one attached hydrogen (secondary N) is 2. The summed E-state index contributed by atoms with van der Waals surface area (Å²) in [6, 6.07) is 19.8. The van der Waals surface area contributed by atoms with E-state index in [2.05, 4.69) is 15.4 Å². The minimum atomic E-state index is -0.662. The lowest BCUT2D eigenvalue weighted by atomic mass is 10.1. The summed E-state index contributed by atoms with van der Waals surface area (Å²) >= 11 is 6.42. The van der Waals surface area contributed by atoms with E-state index in [-0.39, 0.29) is 41.2 Å². The highest BCUT2D eigenvalue weighted by Crippen LogP contribution is 2.37. The number of hydrogen-bond acceptors (Lipinski definition) is 7. The Hall–Kier alpha value is -4.81. The van der Waals surface area contributed by atoms with Crippen LogP contribution in [0.25, 0.3) is 6.08 Å². The first-order chi connectivity index (χ1) is 18.3. The molecule has 0 bridgehead atoms. The smallest absolute Gasteiger partial charge is 0.337 e. The van der Waals surface area contributed by atoms with Gasteiger partial charge in [0.15, 0.2) is 18.1 Å². The van der Waals surface area contributed by atoms with Gasteiger partial charge in [-0.15, -0.1) is 0 Å². The number of carbonyl (C=O) groups is 3. The Kier molecular flexibility index (Phi) is 9.86. The number of hydrogen-bond donors (Lipinski definition) is 2. The number of para-hydroxylation sites is 1. The van der Waals surface area contributed by atoms with Crippen molar-refractivity contribution < 1.29 is 28.6 Å². The highest BCUT2D eigenvalue weighted by atomic mass is 35.5. The summed E-state index contributed by atoms with van der Waals surface area (Å²) < 4.78 is 15.9. The van der Waals surface area contributed by atoms with Crippen molar-refractivity contribution in [3.8, 4) is 17.6 Å². The molecular weight excluding hydrogens is 510 g/mol. The molecule has 3 aromatic carbocycles. The van der Waals surface area contributed by atoms with Gasteiger partial charge >= 0.3 is 5.97 Å². The van der Waals surface area contributed by atoms with E-state index in [0.717, 1.165) is 0 Å². The molecule has 0 aliphatic heterocycles. The Morgan fingerprint density at radius 2 is 1.66 bits per heavy atom. The standard InChI is InChI=1S/C28H24ClN3O6/c1-3-37-24-15-18(14-23(29)26(24)38-17-25(33)31-21-7-5-4-6-8-21)13-20(16-30)27(34)32-22-11-9-19(10-12-22)28(35)36-2/h4-15H,3,17H2,1-2H3,(H,31,33)(H,32,34)/b20-13+. The maximum Gasteiger partial charge on any atom is 0.337 e. The first-order valence-corrected chi connectivity index (χ1v) is 11.8. The summed E-state index contributed by atoms with van der Waals surface area (Å²) in [6.07, 6.45) is 1.35. The van der Waals surface area contributed by atoms with Crippen LogP contribution in [0.5, 0.6) is 11.5 Å². The molecule has 0 spiro atoms. The normalized spacial score (nSPS) is 10.6. The van der Waals surface area contributed by atoms with Gasteiger partial charge in [-0.05, 0) is 67.1 Å². The zero-order chi connectivity index (χ0) is 27.5. The van der Waals surface area contributed by atoms with E-state index in [1.54, 1.807) is 37.3 Å². The Morgan fingerprint density at radius 1 is 0.974 bits per heavy atom. The predicted molar refractivity (Wildman–Crippen MR) is 143 cm³/mol. The molecule has 0 fully saturated rings. The molecule has 2 N–H and O–H groups in total. The second kappa shape index (κ2) is 13.5. The Morgan fingerprint density at radius 3 is 2.29 bits per heavy atom. The number of carbonyl (C=O) groups excluding carboxylic acids is 3. The van der Waals surface area contributed by atoms with Crippen LogP contribution in [-0.2, 0) is 14.3 Å². The fourth-order valence-corrected chi connectivity index (χ4v) is 3.53. The first kappa shape index (κ1) is 27.8. The van der Waals surface area contributed by atoms with E-state index < -0.39 is 11.9 Å². The molecule has 0 atom stereocenters. The number of nitrogens with zero attached hydrogens (tertiary/aromatic N) is 1. The average Bonchev–Trinajstić information content (AvgIpc) is 2.92. The van der Waals surface area contributed by atoms with Gasteiger partial charge in [-0.25, -0.2) is 4.79 Å². The number of halogens is 1. The highest BCUT2D eigenvalue weighted by molar-refractivity contribution is 6.32. The quantitative estimate of drug-likeness (QED) is 0.211. The second-order valence-corrected chi connectivity index (χ2v) is 8.07. The van der Waals surface area contributed by atoms with E-state index in [4.69, 9.17) is 21.1 Å². The fraction of sp³-hybridized carbons (Fsp3) is 0.143. The topological polar surface area (TPSA) is 127 Å². The van der Waals surface area contributed by atoms with Crippen molar-refractivity contribution in [1.82, 2.24) is 0 Å². The van der Waals surface area contributed by atoms with Gasteiger partial charge in [-0.2, -0.15) is 5.26 Å². The van der Waals surface area contributed by atoms with E-state index in [9.17, 15) is 19.6 Å². The Balaban J connectivity index is 1.75. The van der Waals surface area contributed by atoms with Crippen LogP contribution < -0.4 is 20.1 Å². The number of amides is 2. The maximum absolute atomic E-state index is 12.7. The molecule has 2 amide bonds. The molecule has 3 aromatic rings. The molecule has 0 aliphatic carbocycles. The van der Waals surface area contributed by atoms with E-state index in [0.29, 0.717) is 22.5 Å². The number of ether oxygens (including phenoxy) is 3. The van der Waals surface area contributed by atoms with Crippen molar-refractivity contribution in [3.63, 3.8) is 0 Å². The fourth-order valence-electron chi connectivity index (χ4n) is 3.25. The number of benzene rings is 3. The Bertz CT molecular complexity index is 1380. The number of rotatable bonds is 10. The number of nitriles is 1. The van der Waals surface area contributed by atoms with Crippen LogP contribution in [0.15, 0.2) is 72.3 Å². The van der Waals surface area contributed by atoms with Crippen LogP contribution in [0.4, 0.5) is 11.4 Å². The summed E-state index contributed by atoms with van der Waals surface area (Å²) in [6.45, 7) is 1.73. The molecule has 0 radical (unpaired) electrons. The number of esters is 1. The van der Waals surface area contributed by atoms with Crippen LogP contribution in [-0.4, -0.2) is 38.1 Å². The first-order valence-electron chi connectivity index (χ1n) is 11.4. The van der Waals surface area contributed by atoms with Gasteiger partial charge in [-0.1, -0.05) is 29.8 Å². The van der Waals surface area contributed by atoms with Crippen LogP contribution >= 0.6 is 11.6 Å². The average molecular weight is 534 g/mol. The largest absolute Gasteiger partial charge is 0.490 e. The highest BCUT2D eigenvalue weighted by Gasteiger charge is 2.16. The number of anilines is 2. The van der Waals surface area contributed by atoms with Gasteiger partial charge in [0.25, 0.3) is 11.8 Å². The van der Waals surface area contributed by atoms with Crippen molar-refractivity contribution in [1.29, 1.82) is 5.26 Å². The Labute approximate surface area is 224 Å². The van der Waals surface area contributed by atoms with Gasteiger partial charge in [0.2, 0.25) is 0 Å². The predicted octanol–water partition coefficient (Wildman–Crippen LogP) is 5.09. The van der Waals surface area contributed by atoms with Gasteiger partial charge in [0.05, 0.1) is 24.3 Å². The SMILES string of the molecule is CCOc1cc(/C=C(\C#N)C(=O)Nc2ccc(C(=O)OC)cc2)cc(Cl)c1OCC(=O)Nc1ccccc1. The van der Waals surface area contributed by atoms with Crippen molar-refractivity contribution in [2.24, 2.45) is 0 Å². The molecule has 0 aliphatic rings. The third-order valence-electron chi connectivity index (χ3n) is 4.98. The third-order valence-corrected chi connectivity index (χ3v) is 5.26. The minimum absolute atomic E-state index is 0.130. The summed E-state index contributed by atoms with van der Waals surface area (Å²) in [4.78, 5) is 36.5. The van der Waals surface area contributed by atoms with Gasteiger partial charge in [-0.3, -0.25) is 9.59 Å². The van der Waals surface area contributed by atoms with Gasteiger partial charge in [0, 0.05) is 11.4 Å². The molecule has 0 saturated heterocycles. The molecule has 0 heterocycles. The van der Waals surface area contributed by atoms with Gasteiger partial charge in [0.1, 0.15) is 11.6 Å². The molecule has 0 saturated carbocycles. The molecular formula is C28H24ClN3O6. The minimum Gasteiger partial charge on any atom is -0.490 e. The number of methoxy groups -OCH3 is 1. The molecule has 0 aromatic heterocycles. The van der Waals surface area contributed by atoms with E-state index in [1.165, 1.54) is 43.5 Å². The summed E-state index contributed by atoms with van der Waals surface area (Å²) in [7, 11) is 1.27. The molecule has 0 unspecified atom stereocenters. The molecule has 194 valence electrons. The molecule has 10 heteroatoms. The third kappa shape index (κ3) is 7.59. The van der Waals surface area contributed by atoms with Crippen LogP contribution in [0, 0.1) is 11.3 Å². The zero-order valence-electron chi connectivity index (χ0n) is 20.6. The molecule has 3 rings (SSSR count). The van der Waals surface area contributed by atoms with Crippen LogP contribution in [0.1, 0.15) is 22.8 Å². The van der Waals surface area contributed by atoms with E-state index in [1.807, 2.05) is 12.1 Å². The second-order valence-electron chi connectivity index (χ2n) is 7.66. The summed E-state index contributed by atoms with van der Waals surface area (Å²) in [5.41, 5.74) is 1.54. The lowest BCUT2D eigenvalue weighted by molar-refractivity contribution is -0.118. The zero-order valence-corrected chi connectivity index (χ0v) is 21.4. The molecule has 38 heavy (non-hydrogen) atoms. The van der Waals surface area contributed by atoms with Crippen molar-refractivity contribution in [2.75, 3.05) is 31.0 Å². The lowest BCUT2D eigenvalue weighted by Crippen LogP contribution is -2.20. The van der Waals surface area contributed by atoms with Gasteiger partial charge < -0.3 is 24.8 Å². The van der Waals surface area contributed by atoms with Crippen LogP contribution in [0.2, 0.25) is 5.02 Å². The maximum atomic E-state index is 12.7. The van der Waals surface area contributed by atoms with Crippen molar-refractivity contribution in [2.45, 2.75) is 6.92 Å².